The number of hydrogen-bond donors (Lipinski definition) is 3. The van der Waals surface area contributed by atoms with Gasteiger partial charge in [-0.05, 0) is 43.1 Å². The first-order valence-electron chi connectivity index (χ1n) is 6.39. The summed E-state index contributed by atoms with van der Waals surface area (Å²) in [6.07, 6.45) is 1.44. The second-order valence-corrected chi connectivity index (χ2v) is 5.75. The lowest BCUT2D eigenvalue weighted by molar-refractivity contribution is -0.119. The van der Waals surface area contributed by atoms with Crippen molar-refractivity contribution in [2.75, 3.05) is 16.4 Å². The number of aromatic nitrogens is 2. The Hall–Kier alpha value is -2.34. The lowest BCUT2D eigenvalue weighted by Gasteiger charge is -2.15. The highest BCUT2D eigenvalue weighted by Crippen LogP contribution is 2.39. The first kappa shape index (κ1) is 13.6. The van der Waals surface area contributed by atoms with Crippen molar-refractivity contribution in [3.8, 4) is 0 Å². The molecule has 0 atom stereocenters. The van der Waals surface area contributed by atoms with Crippen LogP contribution in [0.2, 0.25) is 5.28 Å². The third-order valence-electron chi connectivity index (χ3n) is 3.56. The minimum absolute atomic E-state index is 0.0146. The molecule has 3 rings (SSSR count). The molecule has 4 N–H and O–H groups in total. The van der Waals surface area contributed by atoms with Crippen LogP contribution in [-0.4, -0.2) is 15.9 Å². The molecule has 7 heteroatoms. The van der Waals surface area contributed by atoms with Crippen LogP contribution in [0.4, 0.5) is 22.9 Å². The lowest BCUT2D eigenvalue weighted by atomic mass is 9.86. The zero-order valence-corrected chi connectivity index (χ0v) is 12.3. The largest absolute Gasteiger partial charge is 0.394 e. The quantitative estimate of drug-likeness (QED) is 0.742. The number of nitrogens with two attached hydrogens (primary N) is 1. The molecular weight excluding hydrogens is 290 g/mol. The summed E-state index contributed by atoms with van der Waals surface area (Å²) in [7, 11) is 0. The van der Waals surface area contributed by atoms with Crippen LogP contribution in [0.3, 0.4) is 0 Å². The van der Waals surface area contributed by atoms with Crippen LogP contribution < -0.4 is 16.4 Å². The second kappa shape index (κ2) is 4.60. The zero-order chi connectivity index (χ0) is 15.2. The number of nitrogens with one attached hydrogen (secondary N) is 2. The van der Waals surface area contributed by atoms with Crippen LogP contribution in [0.5, 0.6) is 0 Å². The van der Waals surface area contributed by atoms with E-state index in [4.69, 9.17) is 17.3 Å². The minimum atomic E-state index is -0.523. The number of hydrogen-bond acceptors (Lipinski definition) is 5. The highest BCUT2D eigenvalue weighted by atomic mass is 35.5. The summed E-state index contributed by atoms with van der Waals surface area (Å²) in [5, 5.41) is 6.06. The summed E-state index contributed by atoms with van der Waals surface area (Å²) in [6.45, 7) is 3.78. The van der Waals surface area contributed by atoms with E-state index in [9.17, 15) is 4.79 Å². The maximum absolute atomic E-state index is 11.9. The Kier molecular flexibility index (Phi) is 2.98. The number of carbonyl (C=O) groups is 1. The van der Waals surface area contributed by atoms with E-state index in [2.05, 4.69) is 20.6 Å². The molecule has 0 saturated carbocycles. The first-order chi connectivity index (χ1) is 9.88. The molecule has 6 nitrogen and oxygen atoms in total. The number of rotatable bonds is 2. The average Bonchev–Trinajstić information content (AvgIpc) is 2.64. The molecule has 0 aliphatic carbocycles. The van der Waals surface area contributed by atoms with Crippen LogP contribution in [0.1, 0.15) is 19.4 Å². The highest BCUT2D eigenvalue weighted by Gasteiger charge is 2.38. The van der Waals surface area contributed by atoms with Gasteiger partial charge in [-0.3, -0.25) is 4.79 Å². The average molecular weight is 304 g/mol. The SMILES string of the molecule is CC1(C)C(=O)Nc2cc(Nc3nc(Cl)ncc3N)ccc21. The van der Waals surface area contributed by atoms with Crippen molar-refractivity contribution in [1.29, 1.82) is 0 Å². The molecule has 1 aliphatic heterocycles. The monoisotopic (exact) mass is 303 g/mol. The molecule has 0 unspecified atom stereocenters. The van der Waals surface area contributed by atoms with Gasteiger partial charge in [-0.1, -0.05) is 6.07 Å². The van der Waals surface area contributed by atoms with Gasteiger partial charge < -0.3 is 16.4 Å². The molecule has 0 fully saturated rings. The Morgan fingerprint density at radius 3 is 2.90 bits per heavy atom. The minimum Gasteiger partial charge on any atom is -0.394 e. The van der Waals surface area contributed by atoms with Crippen molar-refractivity contribution in [2.45, 2.75) is 19.3 Å². The maximum atomic E-state index is 11.9. The van der Waals surface area contributed by atoms with E-state index in [1.807, 2.05) is 32.0 Å². The third-order valence-corrected chi connectivity index (χ3v) is 3.74. The molecule has 1 aromatic heterocycles. The molecule has 21 heavy (non-hydrogen) atoms. The fraction of sp³-hybridized carbons (Fsp3) is 0.214. The lowest BCUT2D eigenvalue weighted by Crippen LogP contribution is -2.26. The van der Waals surface area contributed by atoms with Crippen molar-refractivity contribution in [1.82, 2.24) is 9.97 Å². The van der Waals surface area contributed by atoms with E-state index in [1.165, 1.54) is 6.20 Å². The predicted octanol–water partition coefficient (Wildman–Crippen LogP) is 2.69. The number of nitrogen functional groups attached to an aromatic ring is 1. The van der Waals surface area contributed by atoms with Crippen LogP contribution in [0, 0.1) is 0 Å². The Bertz CT molecular complexity index is 744. The van der Waals surface area contributed by atoms with Gasteiger partial charge in [0, 0.05) is 11.4 Å². The number of carbonyl (C=O) groups excluding carboxylic acids is 1. The van der Waals surface area contributed by atoms with E-state index in [0.29, 0.717) is 11.5 Å². The second-order valence-electron chi connectivity index (χ2n) is 5.41. The number of halogens is 1. The number of nitrogens with zero attached hydrogens (tertiary/aromatic N) is 2. The first-order valence-corrected chi connectivity index (χ1v) is 6.77. The van der Waals surface area contributed by atoms with E-state index >= 15 is 0 Å². The molecule has 2 aromatic rings. The molecule has 2 heterocycles. The normalized spacial score (nSPS) is 15.5. The van der Waals surface area contributed by atoms with Crippen LogP contribution >= 0.6 is 11.6 Å². The number of anilines is 4. The predicted molar refractivity (Wildman–Crippen MR) is 82.8 cm³/mol. The standard InChI is InChI=1S/C14H14ClN5O/c1-14(2)8-4-3-7(5-10(8)19-12(14)21)18-11-9(16)6-17-13(15)20-11/h3-6H,16H2,1-2H3,(H,19,21)(H,17,18,20). The van der Waals surface area contributed by atoms with Crippen LogP contribution in [0.25, 0.3) is 0 Å². The van der Waals surface area contributed by atoms with E-state index in [0.717, 1.165) is 16.9 Å². The summed E-state index contributed by atoms with van der Waals surface area (Å²) in [4.78, 5) is 19.8. The summed E-state index contributed by atoms with van der Waals surface area (Å²) in [6, 6.07) is 5.63. The summed E-state index contributed by atoms with van der Waals surface area (Å²) in [5.74, 6) is 0.415. The van der Waals surface area contributed by atoms with E-state index in [1.54, 1.807) is 0 Å². The van der Waals surface area contributed by atoms with Crippen molar-refractivity contribution >= 4 is 40.4 Å². The molecular formula is C14H14ClN5O. The topological polar surface area (TPSA) is 92.9 Å². The molecule has 0 bridgehead atoms. The molecule has 108 valence electrons. The van der Waals surface area contributed by atoms with Gasteiger partial charge in [0.2, 0.25) is 11.2 Å². The Morgan fingerprint density at radius 2 is 2.14 bits per heavy atom. The van der Waals surface area contributed by atoms with Crippen molar-refractivity contribution in [2.24, 2.45) is 0 Å². The van der Waals surface area contributed by atoms with Gasteiger partial charge in [0.25, 0.3) is 0 Å². The van der Waals surface area contributed by atoms with Crippen molar-refractivity contribution in [3.63, 3.8) is 0 Å². The fourth-order valence-electron chi connectivity index (χ4n) is 2.28. The van der Waals surface area contributed by atoms with Gasteiger partial charge >= 0.3 is 0 Å². The fourth-order valence-corrected chi connectivity index (χ4v) is 2.41. The number of benzene rings is 1. The summed E-state index contributed by atoms with van der Waals surface area (Å²) < 4.78 is 0. The van der Waals surface area contributed by atoms with Crippen LogP contribution in [-0.2, 0) is 10.2 Å². The number of fused-ring (bicyclic) bond motifs is 1. The molecule has 0 saturated heterocycles. The maximum Gasteiger partial charge on any atom is 0.234 e. The molecule has 1 amide bonds. The molecule has 1 aliphatic rings. The van der Waals surface area contributed by atoms with Gasteiger partial charge in [0.1, 0.15) is 0 Å². The van der Waals surface area contributed by atoms with Gasteiger partial charge in [-0.2, -0.15) is 4.98 Å². The van der Waals surface area contributed by atoms with Gasteiger partial charge in [-0.15, -0.1) is 0 Å². The zero-order valence-electron chi connectivity index (χ0n) is 11.6. The van der Waals surface area contributed by atoms with Crippen molar-refractivity contribution in [3.05, 3.63) is 35.2 Å². The Morgan fingerprint density at radius 1 is 1.38 bits per heavy atom. The summed E-state index contributed by atoms with van der Waals surface area (Å²) in [5.41, 5.74) is 8.18. The van der Waals surface area contributed by atoms with Crippen LogP contribution in [0.15, 0.2) is 24.4 Å². The Balaban J connectivity index is 1.94. The highest BCUT2D eigenvalue weighted by molar-refractivity contribution is 6.28. The van der Waals surface area contributed by atoms with E-state index in [-0.39, 0.29) is 11.2 Å². The number of amides is 1. The molecule has 1 aromatic carbocycles. The van der Waals surface area contributed by atoms with Crippen molar-refractivity contribution < 1.29 is 4.79 Å². The van der Waals surface area contributed by atoms with E-state index < -0.39 is 5.41 Å². The summed E-state index contributed by atoms with van der Waals surface area (Å²) >= 11 is 5.76. The third kappa shape index (κ3) is 2.27. The van der Waals surface area contributed by atoms with Gasteiger partial charge in [0.05, 0.1) is 17.3 Å². The Labute approximate surface area is 126 Å². The smallest absolute Gasteiger partial charge is 0.234 e. The van der Waals surface area contributed by atoms with Gasteiger partial charge in [-0.25, -0.2) is 4.98 Å². The molecule has 0 spiro atoms. The molecule has 0 radical (unpaired) electrons. The van der Waals surface area contributed by atoms with Gasteiger partial charge in [0.15, 0.2) is 5.82 Å².